The number of benzene rings is 3. The van der Waals surface area contributed by atoms with E-state index in [0.29, 0.717) is 47.1 Å². The zero-order valence-electron chi connectivity index (χ0n) is 19.8. The summed E-state index contributed by atoms with van der Waals surface area (Å²) in [5, 5.41) is 7.52. The van der Waals surface area contributed by atoms with Crippen molar-refractivity contribution in [1.29, 1.82) is 0 Å². The molecule has 3 aromatic carbocycles. The third-order valence-corrected chi connectivity index (χ3v) is 5.45. The molecule has 2 heterocycles. The molecular weight excluding hydrogens is 444 g/mol. The average molecular weight is 471 g/mol. The summed E-state index contributed by atoms with van der Waals surface area (Å²) in [4.78, 5) is 17.2. The van der Waals surface area contributed by atoms with Crippen molar-refractivity contribution in [2.45, 2.75) is 20.8 Å². The van der Waals surface area contributed by atoms with E-state index in [9.17, 15) is 4.79 Å². The summed E-state index contributed by atoms with van der Waals surface area (Å²) in [6, 6.07) is 20.8. The molecule has 1 aliphatic heterocycles. The Hall–Kier alpha value is -4.33. The van der Waals surface area contributed by atoms with E-state index in [1.807, 2.05) is 73.7 Å². The molecule has 0 saturated carbocycles. The van der Waals surface area contributed by atoms with Gasteiger partial charge in [-0.25, -0.2) is 4.68 Å². The molecule has 5 rings (SSSR count). The quantitative estimate of drug-likeness (QED) is 0.397. The number of fused-ring (bicyclic) bond motifs is 1. The topological polar surface area (TPSA) is 87.5 Å². The molecule has 0 fully saturated rings. The minimum absolute atomic E-state index is 0.163. The van der Waals surface area contributed by atoms with E-state index in [0.717, 1.165) is 16.8 Å². The summed E-state index contributed by atoms with van der Waals surface area (Å²) < 4.78 is 18.5. The van der Waals surface area contributed by atoms with Crippen molar-refractivity contribution in [1.82, 2.24) is 14.8 Å². The van der Waals surface area contributed by atoms with E-state index in [4.69, 9.17) is 14.2 Å². The number of hydrogen-bond acceptors (Lipinski definition) is 6. The first kappa shape index (κ1) is 22.5. The van der Waals surface area contributed by atoms with E-state index in [2.05, 4.69) is 29.2 Å². The fraction of sp³-hybridized carbons (Fsp3) is 0.222. The van der Waals surface area contributed by atoms with Crippen LogP contribution in [0.25, 0.3) is 17.1 Å². The van der Waals surface area contributed by atoms with Crippen LogP contribution in [0.3, 0.4) is 0 Å². The number of ether oxygens (including phenoxy) is 3. The summed E-state index contributed by atoms with van der Waals surface area (Å²) in [7, 11) is 0. The maximum Gasteiger partial charge on any atom is 0.336 e. The Morgan fingerprint density at radius 2 is 1.77 bits per heavy atom. The Kier molecular flexibility index (Phi) is 6.10. The molecule has 0 radical (unpaired) electrons. The normalized spacial score (nSPS) is 12.1. The van der Waals surface area contributed by atoms with Gasteiger partial charge in [0.2, 0.25) is 6.79 Å². The predicted octanol–water partition coefficient (Wildman–Crippen LogP) is 5.26. The summed E-state index contributed by atoms with van der Waals surface area (Å²) in [6.07, 6.45) is 0. The van der Waals surface area contributed by atoms with E-state index < -0.39 is 0 Å². The van der Waals surface area contributed by atoms with Crippen LogP contribution in [-0.4, -0.2) is 34.1 Å². The van der Waals surface area contributed by atoms with Gasteiger partial charge in [-0.15, -0.1) is 5.10 Å². The van der Waals surface area contributed by atoms with Gasteiger partial charge in [-0.1, -0.05) is 31.5 Å². The van der Waals surface area contributed by atoms with Crippen molar-refractivity contribution in [3.63, 3.8) is 0 Å². The SMILES string of the molecule is Cc1ccc(C(=O)Nc2ccc(-n3nc(OCC(C)C)nc3-c3ccc4c(c3)OCO4)cc2)cc1. The van der Waals surface area contributed by atoms with Gasteiger partial charge in [-0.05, 0) is 67.4 Å². The minimum atomic E-state index is -0.163. The van der Waals surface area contributed by atoms with E-state index in [1.165, 1.54) is 0 Å². The van der Waals surface area contributed by atoms with Gasteiger partial charge < -0.3 is 19.5 Å². The summed E-state index contributed by atoms with van der Waals surface area (Å²) in [6.45, 7) is 6.83. The number of carbonyl (C=O) groups is 1. The number of aromatic nitrogens is 3. The molecule has 8 nitrogen and oxygen atoms in total. The van der Waals surface area contributed by atoms with Crippen molar-refractivity contribution in [2.75, 3.05) is 18.7 Å². The Balaban J connectivity index is 1.42. The monoisotopic (exact) mass is 470 g/mol. The van der Waals surface area contributed by atoms with Crippen LogP contribution >= 0.6 is 0 Å². The highest BCUT2D eigenvalue weighted by atomic mass is 16.7. The van der Waals surface area contributed by atoms with Gasteiger partial charge in [0.05, 0.1) is 12.3 Å². The average Bonchev–Trinajstić information content (AvgIpc) is 3.50. The van der Waals surface area contributed by atoms with Crippen molar-refractivity contribution in [3.05, 3.63) is 77.9 Å². The number of hydrogen-bond donors (Lipinski definition) is 1. The summed E-state index contributed by atoms with van der Waals surface area (Å²) >= 11 is 0. The largest absolute Gasteiger partial charge is 0.462 e. The first-order valence-corrected chi connectivity index (χ1v) is 11.4. The van der Waals surface area contributed by atoms with Gasteiger partial charge >= 0.3 is 6.01 Å². The zero-order chi connectivity index (χ0) is 24.4. The molecule has 0 aliphatic carbocycles. The molecule has 8 heteroatoms. The van der Waals surface area contributed by atoms with E-state index >= 15 is 0 Å². The Labute approximate surface area is 203 Å². The number of amides is 1. The smallest absolute Gasteiger partial charge is 0.336 e. The molecule has 1 N–H and O–H groups in total. The molecule has 35 heavy (non-hydrogen) atoms. The molecule has 4 aromatic rings. The summed E-state index contributed by atoms with van der Waals surface area (Å²) in [5.74, 6) is 2.15. The first-order chi connectivity index (χ1) is 17.0. The maximum atomic E-state index is 12.6. The highest BCUT2D eigenvalue weighted by Crippen LogP contribution is 2.36. The highest BCUT2D eigenvalue weighted by Gasteiger charge is 2.20. The molecule has 0 atom stereocenters. The lowest BCUT2D eigenvalue weighted by Crippen LogP contribution is -2.11. The lowest BCUT2D eigenvalue weighted by atomic mass is 10.1. The zero-order valence-corrected chi connectivity index (χ0v) is 19.8. The minimum Gasteiger partial charge on any atom is -0.462 e. The summed E-state index contributed by atoms with van der Waals surface area (Å²) in [5.41, 5.74) is 3.98. The van der Waals surface area contributed by atoms with Gasteiger partial charge in [-0.3, -0.25) is 4.79 Å². The second-order valence-electron chi connectivity index (χ2n) is 8.77. The van der Waals surface area contributed by atoms with Crippen LogP contribution in [0.2, 0.25) is 0 Å². The fourth-order valence-electron chi connectivity index (χ4n) is 3.59. The van der Waals surface area contributed by atoms with E-state index in [1.54, 1.807) is 4.68 Å². The Morgan fingerprint density at radius 1 is 1.03 bits per heavy atom. The number of rotatable bonds is 7. The van der Waals surface area contributed by atoms with Crippen molar-refractivity contribution in [3.8, 4) is 34.6 Å². The Morgan fingerprint density at radius 3 is 2.51 bits per heavy atom. The van der Waals surface area contributed by atoms with Crippen LogP contribution in [0.1, 0.15) is 29.8 Å². The lowest BCUT2D eigenvalue weighted by Gasteiger charge is -2.09. The third kappa shape index (κ3) is 4.96. The van der Waals surface area contributed by atoms with Gasteiger partial charge in [0.15, 0.2) is 17.3 Å². The van der Waals surface area contributed by atoms with Gasteiger partial charge in [-0.2, -0.15) is 4.98 Å². The molecule has 0 unspecified atom stereocenters. The molecule has 0 spiro atoms. The third-order valence-electron chi connectivity index (χ3n) is 5.45. The Bertz CT molecular complexity index is 1340. The molecule has 1 amide bonds. The van der Waals surface area contributed by atoms with E-state index in [-0.39, 0.29) is 12.7 Å². The van der Waals surface area contributed by atoms with Gasteiger partial charge in [0.1, 0.15) is 0 Å². The standard InChI is InChI=1S/C27H26N4O4/c1-17(2)15-33-27-29-25(20-8-13-23-24(14-20)35-16-34-23)31(30-27)22-11-9-21(10-12-22)28-26(32)19-6-4-18(3)5-7-19/h4-14,17H,15-16H2,1-3H3,(H,28,32). The van der Waals surface area contributed by atoms with Crippen molar-refractivity contribution < 1.29 is 19.0 Å². The molecule has 1 aromatic heterocycles. The molecule has 1 aliphatic rings. The van der Waals surface area contributed by atoms with Gasteiger partial charge in [0, 0.05) is 16.8 Å². The molecule has 0 saturated heterocycles. The second-order valence-corrected chi connectivity index (χ2v) is 8.77. The van der Waals surface area contributed by atoms with Crippen LogP contribution in [0.5, 0.6) is 17.5 Å². The first-order valence-electron chi connectivity index (χ1n) is 11.4. The van der Waals surface area contributed by atoms with Crippen molar-refractivity contribution >= 4 is 11.6 Å². The van der Waals surface area contributed by atoms with Gasteiger partial charge in [0.25, 0.3) is 5.91 Å². The number of carbonyl (C=O) groups excluding carboxylic acids is 1. The van der Waals surface area contributed by atoms with Crippen LogP contribution in [-0.2, 0) is 0 Å². The highest BCUT2D eigenvalue weighted by molar-refractivity contribution is 6.04. The van der Waals surface area contributed by atoms with Crippen LogP contribution in [0.4, 0.5) is 5.69 Å². The number of anilines is 1. The number of aryl methyl sites for hydroxylation is 1. The molecule has 0 bridgehead atoms. The molecule has 178 valence electrons. The number of nitrogens with zero attached hydrogens (tertiary/aromatic N) is 3. The lowest BCUT2D eigenvalue weighted by molar-refractivity contribution is 0.102. The predicted molar refractivity (Wildman–Crippen MR) is 132 cm³/mol. The fourth-order valence-corrected chi connectivity index (χ4v) is 3.59. The number of nitrogens with one attached hydrogen (secondary N) is 1. The molecular formula is C27H26N4O4. The van der Waals surface area contributed by atoms with Crippen LogP contribution in [0.15, 0.2) is 66.7 Å². The maximum absolute atomic E-state index is 12.6. The van der Waals surface area contributed by atoms with Crippen molar-refractivity contribution in [2.24, 2.45) is 5.92 Å². The second kappa shape index (κ2) is 9.50. The van der Waals surface area contributed by atoms with Crippen LogP contribution in [0, 0.1) is 12.8 Å². The van der Waals surface area contributed by atoms with Crippen LogP contribution < -0.4 is 19.5 Å².